The van der Waals surface area contributed by atoms with Crippen LogP contribution < -0.4 is 10.6 Å². The van der Waals surface area contributed by atoms with Gasteiger partial charge in [0.05, 0.1) is 17.1 Å². The van der Waals surface area contributed by atoms with Crippen molar-refractivity contribution in [2.24, 2.45) is 0 Å². The number of nitrogens with zero attached hydrogens (tertiary/aromatic N) is 3. The highest BCUT2D eigenvalue weighted by Gasteiger charge is 2.11. The number of anilines is 2. The number of pyridine rings is 1. The number of fused-ring (bicyclic) bond motifs is 1. The number of aromatic nitrogens is 4. The Labute approximate surface area is 156 Å². The highest BCUT2D eigenvalue weighted by atomic mass is 16.3. The molecule has 0 saturated heterocycles. The largest absolute Gasteiger partial charge is 0.373 e. The van der Waals surface area contributed by atoms with E-state index in [1.54, 1.807) is 19.4 Å². The maximum absolute atomic E-state index is 9.98. The number of benzene rings is 1. The Hall–Kier alpha value is -3.29. The van der Waals surface area contributed by atoms with Crippen LogP contribution in [0.3, 0.4) is 0 Å². The molecule has 0 aliphatic rings. The summed E-state index contributed by atoms with van der Waals surface area (Å²) in [5, 5.41) is 17.1. The molecule has 1 unspecified atom stereocenters. The van der Waals surface area contributed by atoms with Gasteiger partial charge in [-0.3, -0.25) is 10.3 Å². The van der Waals surface area contributed by atoms with Gasteiger partial charge >= 0.3 is 0 Å². The zero-order valence-corrected chi connectivity index (χ0v) is 15.1. The lowest BCUT2D eigenvalue weighted by Crippen LogP contribution is -2.15. The van der Waals surface area contributed by atoms with Crippen LogP contribution in [0.4, 0.5) is 11.6 Å². The predicted octanol–water partition coefficient (Wildman–Crippen LogP) is 3.28. The van der Waals surface area contributed by atoms with E-state index in [0.29, 0.717) is 5.95 Å². The van der Waals surface area contributed by atoms with E-state index in [2.05, 4.69) is 30.6 Å². The molecule has 3 heterocycles. The molecule has 0 amide bonds. The second-order valence-corrected chi connectivity index (χ2v) is 6.28. The molecule has 27 heavy (non-hydrogen) atoms. The summed E-state index contributed by atoms with van der Waals surface area (Å²) in [4.78, 5) is 16.4. The van der Waals surface area contributed by atoms with Crippen LogP contribution in [0, 0.1) is 6.92 Å². The first-order valence-corrected chi connectivity index (χ1v) is 8.64. The van der Waals surface area contributed by atoms with Gasteiger partial charge in [0.1, 0.15) is 6.23 Å². The molecular weight excluding hydrogens is 340 g/mol. The van der Waals surface area contributed by atoms with E-state index in [-0.39, 0.29) is 0 Å². The van der Waals surface area contributed by atoms with Crippen molar-refractivity contribution in [1.82, 2.24) is 25.3 Å². The van der Waals surface area contributed by atoms with Gasteiger partial charge in [-0.1, -0.05) is 6.07 Å². The fraction of sp³-hybridized carbons (Fsp3) is 0.150. The first-order chi connectivity index (χ1) is 13.1. The number of hydrogen-bond acceptors (Lipinski definition) is 6. The van der Waals surface area contributed by atoms with E-state index in [1.807, 2.05) is 49.4 Å². The molecule has 1 atom stereocenters. The minimum atomic E-state index is -0.730. The topological polar surface area (TPSA) is 98.8 Å². The number of aromatic amines is 1. The normalized spacial score (nSPS) is 12.3. The van der Waals surface area contributed by atoms with Crippen molar-refractivity contribution < 1.29 is 5.11 Å². The SMILES string of the molecule is CNC(O)c1cc2cc(Nc3nccc(-c4ccccn4)n3)cc(C)c2[nH]1. The Morgan fingerprint density at radius 2 is 1.93 bits per heavy atom. The Balaban J connectivity index is 1.65. The monoisotopic (exact) mass is 360 g/mol. The average molecular weight is 360 g/mol. The second-order valence-electron chi connectivity index (χ2n) is 6.28. The predicted molar refractivity (Wildman–Crippen MR) is 106 cm³/mol. The van der Waals surface area contributed by atoms with E-state index in [1.165, 1.54) is 0 Å². The third-order valence-corrected chi connectivity index (χ3v) is 4.35. The highest BCUT2D eigenvalue weighted by molar-refractivity contribution is 5.87. The van der Waals surface area contributed by atoms with Crippen LogP contribution >= 0.6 is 0 Å². The van der Waals surface area contributed by atoms with Gasteiger partial charge in [0.2, 0.25) is 5.95 Å². The molecule has 0 saturated carbocycles. The Morgan fingerprint density at radius 1 is 1.04 bits per heavy atom. The molecule has 0 aliphatic heterocycles. The van der Waals surface area contributed by atoms with Crippen molar-refractivity contribution in [1.29, 1.82) is 0 Å². The number of hydrogen-bond donors (Lipinski definition) is 4. The smallest absolute Gasteiger partial charge is 0.227 e. The van der Waals surface area contributed by atoms with Gasteiger partial charge in [-0.15, -0.1) is 0 Å². The summed E-state index contributed by atoms with van der Waals surface area (Å²) < 4.78 is 0. The van der Waals surface area contributed by atoms with Crippen molar-refractivity contribution in [2.75, 3.05) is 12.4 Å². The van der Waals surface area contributed by atoms with Gasteiger partial charge in [-0.2, -0.15) is 0 Å². The lowest BCUT2D eigenvalue weighted by Gasteiger charge is -2.08. The summed E-state index contributed by atoms with van der Waals surface area (Å²) in [5.74, 6) is 0.503. The highest BCUT2D eigenvalue weighted by Crippen LogP contribution is 2.27. The fourth-order valence-corrected chi connectivity index (χ4v) is 3.03. The van der Waals surface area contributed by atoms with E-state index >= 15 is 0 Å². The number of rotatable bonds is 5. The van der Waals surface area contributed by atoms with E-state index < -0.39 is 6.23 Å². The minimum absolute atomic E-state index is 0.503. The van der Waals surface area contributed by atoms with Gasteiger partial charge in [0.15, 0.2) is 0 Å². The van der Waals surface area contributed by atoms with Crippen molar-refractivity contribution in [3.05, 3.63) is 66.1 Å². The maximum Gasteiger partial charge on any atom is 0.227 e. The Kier molecular flexibility index (Phi) is 4.53. The summed E-state index contributed by atoms with van der Waals surface area (Å²) in [6, 6.07) is 13.5. The van der Waals surface area contributed by atoms with E-state index in [0.717, 1.165) is 39.2 Å². The van der Waals surface area contributed by atoms with Crippen molar-refractivity contribution in [3.63, 3.8) is 0 Å². The van der Waals surface area contributed by atoms with Crippen LogP contribution in [-0.4, -0.2) is 32.1 Å². The maximum atomic E-state index is 9.98. The molecule has 0 fully saturated rings. The zero-order chi connectivity index (χ0) is 18.8. The lowest BCUT2D eigenvalue weighted by atomic mass is 10.1. The number of aliphatic hydroxyl groups is 1. The standard InChI is InChI=1S/C20H20N6O/c1-12-9-14(10-13-11-17(19(27)21-2)25-18(12)13)24-20-23-8-6-16(26-20)15-5-3-4-7-22-15/h3-11,19,21,25,27H,1-2H3,(H,23,24,26). The number of nitrogens with one attached hydrogen (secondary N) is 3. The summed E-state index contributed by atoms with van der Waals surface area (Å²) in [7, 11) is 1.71. The molecule has 7 heteroatoms. The number of aliphatic hydroxyl groups excluding tert-OH is 1. The van der Waals surface area contributed by atoms with Crippen LogP contribution in [0.5, 0.6) is 0 Å². The van der Waals surface area contributed by atoms with Gasteiger partial charge < -0.3 is 15.4 Å². The molecule has 0 spiro atoms. The average Bonchev–Trinajstić information content (AvgIpc) is 3.13. The van der Waals surface area contributed by atoms with Crippen LogP contribution in [0.2, 0.25) is 0 Å². The third kappa shape index (κ3) is 3.51. The summed E-state index contributed by atoms with van der Waals surface area (Å²) >= 11 is 0. The molecule has 0 bridgehead atoms. The van der Waals surface area contributed by atoms with Gasteiger partial charge in [-0.05, 0) is 55.9 Å². The first kappa shape index (κ1) is 17.1. The third-order valence-electron chi connectivity index (χ3n) is 4.35. The Bertz CT molecular complexity index is 1080. The molecule has 0 aliphatic carbocycles. The van der Waals surface area contributed by atoms with Crippen molar-refractivity contribution in [3.8, 4) is 11.4 Å². The van der Waals surface area contributed by atoms with Gasteiger partial charge in [0, 0.05) is 29.0 Å². The fourth-order valence-electron chi connectivity index (χ4n) is 3.03. The quantitative estimate of drug-likeness (QED) is 0.408. The molecule has 3 aromatic heterocycles. The first-order valence-electron chi connectivity index (χ1n) is 8.64. The van der Waals surface area contributed by atoms with Crippen molar-refractivity contribution >= 4 is 22.5 Å². The van der Waals surface area contributed by atoms with Gasteiger partial charge in [-0.25, -0.2) is 9.97 Å². The molecule has 136 valence electrons. The number of H-pyrrole nitrogens is 1. The lowest BCUT2D eigenvalue weighted by molar-refractivity contribution is 0.145. The Morgan fingerprint density at radius 3 is 2.70 bits per heavy atom. The second kappa shape index (κ2) is 7.14. The van der Waals surface area contributed by atoms with Crippen LogP contribution in [0.15, 0.2) is 54.9 Å². The molecule has 0 radical (unpaired) electrons. The van der Waals surface area contributed by atoms with Crippen molar-refractivity contribution in [2.45, 2.75) is 13.2 Å². The van der Waals surface area contributed by atoms with Crippen LogP contribution in [-0.2, 0) is 0 Å². The summed E-state index contributed by atoms with van der Waals surface area (Å²) in [6.45, 7) is 2.02. The molecule has 4 N–H and O–H groups in total. The van der Waals surface area contributed by atoms with Crippen LogP contribution in [0.25, 0.3) is 22.3 Å². The summed E-state index contributed by atoms with van der Waals surface area (Å²) in [6.07, 6.45) is 2.72. The van der Waals surface area contributed by atoms with E-state index in [9.17, 15) is 5.11 Å². The zero-order valence-electron chi connectivity index (χ0n) is 15.1. The summed E-state index contributed by atoms with van der Waals surface area (Å²) in [5.41, 5.74) is 5.21. The molecular formula is C20H20N6O. The molecule has 7 nitrogen and oxygen atoms in total. The number of aryl methyl sites for hydroxylation is 1. The van der Waals surface area contributed by atoms with Crippen LogP contribution in [0.1, 0.15) is 17.5 Å². The molecule has 4 rings (SSSR count). The molecule has 1 aromatic carbocycles. The van der Waals surface area contributed by atoms with E-state index in [4.69, 9.17) is 0 Å². The minimum Gasteiger partial charge on any atom is -0.373 e. The van der Waals surface area contributed by atoms with Gasteiger partial charge in [0.25, 0.3) is 0 Å². The molecule has 4 aromatic rings.